The molecule has 1 N–H and O–H groups in total. The summed E-state index contributed by atoms with van der Waals surface area (Å²) in [5.41, 5.74) is 0.975. The van der Waals surface area contributed by atoms with E-state index in [0.29, 0.717) is 26.2 Å². The first kappa shape index (κ1) is 21.9. The highest BCUT2D eigenvalue weighted by Gasteiger charge is 2.20. The highest BCUT2D eigenvalue weighted by atomic mass is 32.2. The molecule has 28 heavy (non-hydrogen) atoms. The number of imidazole rings is 1. The Bertz CT molecular complexity index is 835. The van der Waals surface area contributed by atoms with Gasteiger partial charge in [0.25, 0.3) is 5.69 Å². The summed E-state index contributed by atoms with van der Waals surface area (Å²) in [4.78, 5) is 26.7. The molecule has 2 rings (SSSR count). The Morgan fingerprint density at radius 3 is 2.79 bits per heavy atom. The Morgan fingerprint density at radius 1 is 1.43 bits per heavy atom. The lowest BCUT2D eigenvalue weighted by Gasteiger charge is -2.11. The molecule has 2 aromatic rings. The van der Waals surface area contributed by atoms with Crippen LogP contribution in [0.15, 0.2) is 34.2 Å². The van der Waals surface area contributed by atoms with Gasteiger partial charge in [-0.3, -0.25) is 14.9 Å². The van der Waals surface area contributed by atoms with Gasteiger partial charge in [-0.2, -0.15) is 0 Å². The van der Waals surface area contributed by atoms with Crippen molar-refractivity contribution < 1.29 is 19.6 Å². The van der Waals surface area contributed by atoms with E-state index >= 15 is 0 Å². The molecule has 152 valence electrons. The van der Waals surface area contributed by atoms with Crippen LogP contribution in [0.3, 0.4) is 0 Å². The zero-order valence-corrected chi connectivity index (χ0v) is 17.1. The van der Waals surface area contributed by atoms with Crippen molar-refractivity contribution in [3.8, 4) is 0 Å². The lowest BCUT2D eigenvalue weighted by molar-refractivity contribution is -0.385. The first-order valence-corrected chi connectivity index (χ1v) is 9.96. The number of carboxylic acids is 1. The Hall–Kier alpha value is -2.39. The van der Waals surface area contributed by atoms with Crippen LogP contribution in [0.1, 0.15) is 51.0 Å². The molecular weight excluding hydrogens is 382 g/mol. The fraction of sp³-hybridized carbons (Fsp3) is 0.474. The number of non-ortho nitro benzene ring substituents is 1. The van der Waals surface area contributed by atoms with Crippen molar-refractivity contribution in [2.24, 2.45) is 0 Å². The maximum Gasteiger partial charge on any atom is 0.303 e. The summed E-state index contributed by atoms with van der Waals surface area (Å²) < 4.78 is 7.67. The quantitative estimate of drug-likeness (QED) is 0.333. The van der Waals surface area contributed by atoms with E-state index in [0.717, 1.165) is 21.4 Å². The minimum atomic E-state index is -0.837. The normalized spacial score (nSPS) is 11.1. The average Bonchev–Trinajstić information content (AvgIpc) is 2.99. The van der Waals surface area contributed by atoms with E-state index in [1.54, 1.807) is 12.1 Å². The van der Waals surface area contributed by atoms with Crippen LogP contribution in [0.2, 0.25) is 0 Å². The van der Waals surface area contributed by atoms with Gasteiger partial charge in [-0.1, -0.05) is 31.7 Å². The van der Waals surface area contributed by atoms with Crippen LogP contribution in [0.5, 0.6) is 0 Å². The number of ether oxygens (including phenoxy) is 1. The minimum Gasteiger partial charge on any atom is -0.481 e. The molecule has 0 spiro atoms. The van der Waals surface area contributed by atoms with Gasteiger partial charge in [-0.25, -0.2) is 4.98 Å². The van der Waals surface area contributed by atoms with Crippen molar-refractivity contribution in [3.63, 3.8) is 0 Å². The summed E-state index contributed by atoms with van der Waals surface area (Å²) in [6.45, 7) is 7.45. The van der Waals surface area contributed by atoms with Gasteiger partial charge in [-0.05, 0) is 25.3 Å². The van der Waals surface area contributed by atoms with Crippen molar-refractivity contribution >= 4 is 23.4 Å². The number of carbonyl (C=O) groups is 1. The number of aliphatic carboxylic acids is 1. The number of rotatable bonds is 11. The maximum absolute atomic E-state index is 11.0. The smallest absolute Gasteiger partial charge is 0.303 e. The van der Waals surface area contributed by atoms with E-state index in [2.05, 4.69) is 18.4 Å². The molecule has 0 saturated heterocycles. The molecule has 0 fully saturated rings. The van der Waals surface area contributed by atoms with Gasteiger partial charge in [0.15, 0.2) is 0 Å². The predicted molar refractivity (Wildman–Crippen MR) is 106 cm³/mol. The molecule has 0 aliphatic carbocycles. The fourth-order valence-electron chi connectivity index (χ4n) is 2.68. The van der Waals surface area contributed by atoms with Gasteiger partial charge in [0, 0.05) is 36.6 Å². The molecule has 0 bridgehead atoms. The number of hydrogen-bond acceptors (Lipinski definition) is 6. The lowest BCUT2D eigenvalue weighted by atomic mass is 10.1. The fourth-order valence-corrected chi connectivity index (χ4v) is 3.96. The summed E-state index contributed by atoms with van der Waals surface area (Å²) in [6, 6.07) is 6.55. The largest absolute Gasteiger partial charge is 0.481 e. The van der Waals surface area contributed by atoms with E-state index in [9.17, 15) is 14.9 Å². The topological polar surface area (TPSA) is 107 Å². The molecule has 8 nitrogen and oxygen atoms in total. The van der Waals surface area contributed by atoms with Crippen molar-refractivity contribution in [3.05, 3.63) is 45.9 Å². The van der Waals surface area contributed by atoms with Gasteiger partial charge in [0.05, 0.1) is 10.6 Å². The summed E-state index contributed by atoms with van der Waals surface area (Å²) in [7, 11) is 0. The first-order chi connectivity index (χ1) is 13.3. The van der Waals surface area contributed by atoms with Gasteiger partial charge in [0.1, 0.15) is 17.5 Å². The number of nitro groups is 1. The molecule has 0 saturated carbocycles. The number of nitro benzene ring substituents is 1. The predicted octanol–water partition coefficient (Wildman–Crippen LogP) is 4.47. The molecule has 1 aromatic heterocycles. The van der Waals surface area contributed by atoms with Crippen molar-refractivity contribution in [2.75, 3.05) is 6.61 Å². The molecule has 9 heteroatoms. The Kier molecular flexibility index (Phi) is 8.01. The highest BCUT2D eigenvalue weighted by molar-refractivity contribution is 7.99. The molecule has 1 heterocycles. The second-order valence-corrected chi connectivity index (χ2v) is 7.59. The maximum atomic E-state index is 11.0. The van der Waals surface area contributed by atoms with Crippen molar-refractivity contribution in [1.82, 2.24) is 9.55 Å². The van der Waals surface area contributed by atoms with Crippen LogP contribution in [0.4, 0.5) is 5.69 Å². The number of carboxylic acid groups (broad SMARTS) is 1. The third kappa shape index (κ3) is 5.80. The number of benzene rings is 1. The molecular formula is C19H25N3O5S. The molecule has 0 amide bonds. The summed E-state index contributed by atoms with van der Waals surface area (Å²) >= 11 is 1.46. The summed E-state index contributed by atoms with van der Waals surface area (Å²) in [5.74, 6) is 0.116. The molecule has 0 unspecified atom stereocenters. The number of aromatic nitrogens is 2. The zero-order chi connectivity index (χ0) is 20.7. The Morgan fingerprint density at radius 2 is 2.18 bits per heavy atom. The van der Waals surface area contributed by atoms with Crippen molar-refractivity contribution in [1.29, 1.82) is 0 Å². The summed E-state index contributed by atoms with van der Waals surface area (Å²) in [6.07, 6.45) is 0.530. The van der Waals surface area contributed by atoms with Gasteiger partial charge in [-0.15, -0.1) is 0 Å². The van der Waals surface area contributed by atoms with Crippen LogP contribution in [0.25, 0.3) is 0 Å². The number of hydrogen-bond donors (Lipinski definition) is 1. The second kappa shape index (κ2) is 10.2. The number of nitrogens with zero attached hydrogens (tertiary/aromatic N) is 3. The van der Waals surface area contributed by atoms with E-state index in [1.165, 1.54) is 17.8 Å². The van der Waals surface area contributed by atoms with Crippen LogP contribution in [0, 0.1) is 10.1 Å². The van der Waals surface area contributed by atoms with E-state index < -0.39 is 10.9 Å². The van der Waals surface area contributed by atoms with E-state index in [-0.39, 0.29) is 18.0 Å². The first-order valence-electron chi connectivity index (χ1n) is 9.14. The van der Waals surface area contributed by atoms with E-state index in [1.807, 2.05) is 13.0 Å². The molecule has 0 atom stereocenters. The zero-order valence-electron chi connectivity index (χ0n) is 16.3. The monoisotopic (exact) mass is 407 g/mol. The van der Waals surface area contributed by atoms with Crippen LogP contribution in [-0.4, -0.2) is 32.2 Å². The second-order valence-electron chi connectivity index (χ2n) is 6.52. The molecule has 0 aliphatic heterocycles. The van der Waals surface area contributed by atoms with Crippen LogP contribution >= 0.6 is 11.8 Å². The van der Waals surface area contributed by atoms with Crippen LogP contribution in [-0.2, 0) is 22.7 Å². The van der Waals surface area contributed by atoms with Crippen molar-refractivity contribution in [2.45, 2.75) is 62.6 Å². The third-order valence-electron chi connectivity index (χ3n) is 4.04. The lowest BCUT2D eigenvalue weighted by Crippen LogP contribution is -2.07. The van der Waals surface area contributed by atoms with Gasteiger partial charge in [0.2, 0.25) is 0 Å². The minimum absolute atomic E-state index is 0.0562. The molecule has 1 aromatic carbocycles. The Balaban J connectivity index is 2.22. The highest BCUT2D eigenvalue weighted by Crippen LogP contribution is 2.36. The SMILES string of the molecule is CCn1c(COCCCC(=O)O)nc(C(C)C)c1Sc1cccc([N+](=O)[O-])c1. The average molecular weight is 407 g/mol. The summed E-state index contributed by atoms with van der Waals surface area (Å²) in [5, 5.41) is 20.7. The van der Waals surface area contributed by atoms with Gasteiger partial charge >= 0.3 is 5.97 Å². The van der Waals surface area contributed by atoms with Crippen LogP contribution < -0.4 is 0 Å². The van der Waals surface area contributed by atoms with E-state index in [4.69, 9.17) is 14.8 Å². The molecule has 0 aliphatic rings. The van der Waals surface area contributed by atoms with Gasteiger partial charge < -0.3 is 14.4 Å². The third-order valence-corrected chi connectivity index (χ3v) is 5.15. The molecule has 0 radical (unpaired) electrons. The standard InChI is InChI=1S/C19H25N3O5S/c1-4-21-16(12-27-10-6-9-17(23)24)20-18(13(2)3)19(21)28-15-8-5-7-14(11-15)22(25)26/h5,7-8,11,13H,4,6,9-10,12H2,1-3H3,(H,23,24). The Labute approximate surface area is 168 Å².